The zero-order chi connectivity index (χ0) is 8.27. The van der Waals surface area contributed by atoms with E-state index in [2.05, 4.69) is 10.6 Å². The monoisotopic (exact) mass is 156 g/mol. The maximum absolute atomic E-state index is 11.2. The van der Waals surface area contributed by atoms with Gasteiger partial charge in [-0.3, -0.25) is 4.79 Å². The van der Waals surface area contributed by atoms with Gasteiger partial charge in [0.25, 0.3) is 0 Å². The predicted octanol–water partition coefficient (Wildman–Crippen LogP) is 0.120. The maximum Gasteiger partial charge on any atom is 0.224 e. The molecule has 0 heterocycles. The minimum absolute atomic E-state index is 0.0978. The van der Waals surface area contributed by atoms with Crippen molar-refractivity contribution in [3.8, 4) is 0 Å². The fourth-order valence-corrected chi connectivity index (χ4v) is 0.970. The Balaban J connectivity index is 2.15. The van der Waals surface area contributed by atoms with Gasteiger partial charge in [-0.1, -0.05) is 6.92 Å². The summed E-state index contributed by atoms with van der Waals surface area (Å²) in [6, 6.07) is 0.488. The first kappa shape index (κ1) is 8.53. The third-order valence-electron chi connectivity index (χ3n) is 1.88. The zero-order valence-electron chi connectivity index (χ0n) is 7.18. The van der Waals surface area contributed by atoms with Crippen LogP contribution in [0.4, 0.5) is 0 Å². The normalized spacial score (nSPS) is 19.5. The third-order valence-corrected chi connectivity index (χ3v) is 1.88. The number of hydrogen-bond donors (Lipinski definition) is 2. The molecule has 3 nitrogen and oxygen atoms in total. The summed E-state index contributed by atoms with van der Waals surface area (Å²) in [4.78, 5) is 11.2. The molecule has 3 heteroatoms. The average molecular weight is 156 g/mol. The summed E-state index contributed by atoms with van der Waals surface area (Å²) in [6.07, 6.45) is 2.33. The van der Waals surface area contributed by atoms with E-state index in [4.69, 9.17) is 0 Å². The SMILES string of the molecule is CNCC(C)C(=O)NC1CC1. The second kappa shape index (κ2) is 3.72. The van der Waals surface area contributed by atoms with Gasteiger partial charge in [-0.15, -0.1) is 0 Å². The van der Waals surface area contributed by atoms with Gasteiger partial charge in [-0.2, -0.15) is 0 Å². The largest absolute Gasteiger partial charge is 0.353 e. The second-order valence-electron chi connectivity index (χ2n) is 3.24. The first-order valence-electron chi connectivity index (χ1n) is 4.19. The van der Waals surface area contributed by atoms with E-state index in [-0.39, 0.29) is 11.8 Å². The molecule has 0 bridgehead atoms. The van der Waals surface area contributed by atoms with E-state index < -0.39 is 0 Å². The summed E-state index contributed by atoms with van der Waals surface area (Å²) in [5.74, 6) is 0.280. The van der Waals surface area contributed by atoms with Crippen LogP contribution in [-0.2, 0) is 4.79 Å². The molecule has 0 aromatic carbocycles. The van der Waals surface area contributed by atoms with E-state index in [1.807, 2.05) is 14.0 Å². The molecule has 1 amide bonds. The molecule has 64 valence electrons. The van der Waals surface area contributed by atoms with E-state index in [1.54, 1.807) is 0 Å². The second-order valence-corrected chi connectivity index (χ2v) is 3.24. The predicted molar refractivity (Wildman–Crippen MR) is 44.3 cm³/mol. The highest BCUT2D eigenvalue weighted by Gasteiger charge is 2.24. The lowest BCUT2D eigenvalue weighted by molar-refractivity contribution is -0.124. The number of carbonyl (C=O) groups is 1. The van der Waals surface area contributed by atoms with Gasteiger partial charge >= 0.3 is 0 Å². The summed E-state index contributed by atoms with van der Waals surface area (Å²) in [5.41, 5.74) is 0. The average Bonchev–Trinajstić information content (AvgIpc) is 2.72. The van der Waals surface area contributed by atoms with E-state index in [0.717, 1.165) is 19.4 Å². The molecule has 1 saturated carbocycles. The van der Waals surface area contributed by atoms with Crippen LogP contribution < -0.4 is 10.6 Å². The molecule has 11 heavy (non-hydrogen) atoms. The van der Waals surface area contributed by atoms with Crippen molar-refractivity contribution in [2.75, 3.05) is 13.6 Å². The van der Waals surface area contributed by atoms with Gasteiger partial charge in [0.2, 0.25) is 5.91 Å². The van der Waals surface area contributed by atoms with Crippen molar-refractivity contribution in [3.05, 3.63) is 0 Å². The molecule has 1 unspecified atom stereocenters. The Morgan fingerprint density at radius 3 is 2.73 bits per heavy atom. The standard InChI is InChI=1S/C8H16N2O/c1-6(5-9-2)8(11)10-7-3-4-7/h6-7,9H,3-5H2,1-2H3,(H,10,11). The summed E-state index contributed by atoms with van der Waals surface area (Å²) < 4.78 is 0. The van der Waals surface area contributed by atoms with Crippen LogP contribution in [-0.4, -0.2) is 25.5 Å². The lowest BCUT2D eigenvalue weighted by Gasteiger charge is -2.10. The van der Waals surface area contributed by atoms with Crippen molar-refractivity contribution < 1.29 is 4.79 Å². The van der Waals surface area contributed by atoms with E-state index in [1.165, 1.54) is 0 Å². The molecular weight excluding hydrogens is 140 g/mol. The number of rotatable bonds is 4. The number of amides is 1. The van der Waals surface area contributed by atoms with E-state index in [0.29, 0.717) is 6.04 Å². The van der Waals surface area contributed by atoms with Crippen molar-refractivity contribution in [1.29, 1.82) is 0 Å². The van der Waals surface area contributed by atoms with Crippen LogP contribution >= 0.6 is 0 Å². The molecule has 1 fully saturated rings. The van der Waals surface area contributed by atoms with E-state index >= 15 is 0 Å². The Hall–Kier alpha value is -0.570. The summed E-state index contributed by atoms with van der Waals surface area (Å²) in [7, 11) is 1.86. The Bertz CT molecular complexity index is 143. The first-order chi connectivity index (χ1) is 5.24. The quantitative estimate of drug-likeness (QED) is 0.607. The highest BCUT2D eigenvalue weighted by molar-refractivity contribution is 5.79. The van der Waals surface area contributed by atoms with Crippen LogP contribution in [0.3, 0.4) is 0 Å². The molecule has 1 atom stereocenters. The molecule has 1 rings (SSSR count). The smallest absolute Gasteiger partial charge is 0.224 e. The molecule has 2 N–H and O–H groups in total. The molecule has 0 saturated heterocycles. The molecule has 0 aromatic heterocycles. The fraction of sp³-hybridized carbons (Fsp3) is 0.875. The molecule has 0 aromatic rings. The van der Waals surface area contributed by atoms with Crippen LogP contribution in [0, 0.1) is 5.92 Å². The Labute approximate surface area is 67.5 Å². The van der Waals surface area contributed by atoms with Crippen molar-refractivity contribution in [2.24, 2.45) is 5.92 Å². The van der Waals surface area contributed by atoms with Crippen molar-refractivity contribution >= 4 is 5.91 Å². The fourth-order valence-electron chi connectivity index (χ4n) is 0.970. The number of hydrogen-bond acceptors (Lipinski definition) is 2. The van der Waals surface area contributed by atoms with Gasteiger partial charge < -0.3 is 10.6 Å². The van der Waals surface area contributed by atoms with Crippen molar-refractivity contribution in [1.82, 2.24) is 10.6 Å². The molecule has 1 aliphatic rings. The summed E-state index contributed by atoms with van der Waals surface area (Å²) >= 11 is 0. The van der Waals surface area contributed by atoms with Crippen molar-refractivity contribution in [3.63, 3.8) is 0 Å². The van der Waals surface area contributed by atoms with Crippen molar-refractivity contribution in [2.45, 2.75) is 25.8 Å². The van der Waals surface area contributed by atoms with Crippen LogP contribution in [0.5, 0.6) is 0 Å². The van der Waals surface area contributed by atoms with E-state index in [9.17, 15) is 4.79 Å². The first-order valence-corrected chi connectivity index (χ1v) is 4.19. The lowest BCUT2D eigenvalue weighted by atomic mass is 10.1. The van der Waals surface area contributed by atoms with Gasteiger partial charge in [0.15, 0.2) is 0 Å². The maximum atomic E-state index is 11.2. The van der Waals surface area contributed by atoms with Gasteiger partial charge in [0, 0.05) is 18.5 Å². The lowest BCUT2D eigenvalue weighted by Crippen LogP contribution is -2.35. The topological polar surface area (TPSA) is 41.1 Å². The number of nitrogens with one attached hydrogen (secondary N) is 2. The Morgan fingerprint density at radius 1 is 1.64 bits per heavy atom. The highest BCUT2D eigenvalue weighted by Crippen LogP contribution is 2.18. The molecular formula is C8H16N2O. The minimum Gasteiger partial charge on any atom is -0.353 e. The zero-order valence-corrected chi connectivity index (χ0v) is 7.18. The van der Waals surface area contributed by atoms with Gasteiger partial charge in [0.1, 0.15) is 0 Å². The summed E-state index contributed by atoms with van der Waals surface area (Å²) in [6.45, 7) is 2.70. The van der Waals surface area contributed by atoms with Gasteiger partial charge in [0.05, 0.1) is 0 Å². The Morgan fingerprint density at radius 2 is 2.27 bits per heavy atom. The van der Waals surface area contributed by atoms with Crippen LogP contribution in [0.25, 0.3) is 0 Å². The summed E-state index contributed by atoms with van der Waals surface area (Å²) in [5, 5.41) is 5.94. The molecule has 1 aliphatic carbocycles. The van der Waals surface area contributed by atoms with Gasteiger partial charge in [-0.25, -0.2) is 0 Å². The molecule has 0 spiro atoms. The third kappa shape index (κ3) is 2.89. The molecule has 0 aliphatic heterocycles. The van der Waals surface area contributed by atoms with Crippen LogP contribution in [0.15, 0.2) is 0 Å². The number of carbonyl (C=O) groups excluding carboxylic acids is 1. The van der Waals surface area contributed by atoms with Gasteiger partial charge in [-0.05, 0) is 19.9 Å². The highest BCUT2D eigenvalue weighted by atomic mass is 16.2. The van der Waals surface area contributed by atoms with Crippen LogP contribution in [0.2, 0.25) is 0 Å². The Kier molecular flexibility index (Phi) is 2.88. The minimum atomic E-state index is 0.0978. The van der Waals surface area contributed by atoms with Crippen LogP contribution in [0.1, 0.15) is 19.8 Å². The molecule has 0 radical (unpaired) electrons.